The third-order valence-corrected chi connectivity index (χ3v) is 9.11. The van der Waals surface area contributed by atoms with Crippen molar-refractivity contribution in [2.75, 3.05) is 39.2 Å². The van der Waals surface area contributed by atoms with E-state index < -0.39 is 5.91 Å². The fraction of sp³-hybridized carbons (Fsp3) is 0.324. The third kappa shape index (κ3) is 7.38. The van der Waals surface area contributed by atoms with Gasteiger partial charge in [-0.3, -0.25) is 24.5 Å². The number of nitrogens with zero attached hydrogens (tertiary/aromatic N) is 4. The minimum absolute atomic E-state index is 0.0810. The second kappa shape index (κ2) is 14.8. The van der Waals surface area contributed by atoms with E-state index in [1.54, 1.807) is 49.8 Å². The highest BCUT2D eigenvalue weighted by Gasteiger charge is 2.26. The van der Waals surface area contributed by atoms with Gasteiger partial charge in [0.15, 0.2) is 0 Å². The SMILES string of the molecule is COc1cc(C(=O)Nc2cccc(-c3nccc(-c4ccc(CNC[C@H]5CCC(=O)N5)c(OC)n4)c3Cl)c2Cl)ncc1CN1CC(O)C1. The third-order valence-electron chi connectivity index (χ3n) is 8.32. The monoisotopic (exact) mass is 691 g/mol. The molecule has 250 valence electrons. The van der Waals surface area contributed by atoms with Gasteiger partial charge in [0.2, 0.25) is 11.8 Å². The minimum Gasteiger partial charge on any atom is -0.496 e. The zero-order valence-corrected chi connectivity index (χ0v) is 27.9. The molecule has 2 amide bonds. The number of amides is 2. The Morgan fingerprint density at radius 1 is 1.06 bits per heavy atom. The van der Waals surface area contributed by atoms with Gasteiger partial charge in [-0.25, -0.2) is 4.98 Å². The number of carbonyl (C=O) groups is 2. The average Bonchev–Trinajstić information content (AvgIpc) is 3.50. The van der Waals surface area contributed by atoms with E-state index in [1.165, 1.54) is 7.11 Å². The highest BCUT2D eigenvalue weighted by molar-refractivity contribution is 6.39. The Morgan fingerprint density at radius 2 is 1.90 bits per heavy atom. The molecule has 4 N–H and O–H groups in total. The van der Waals surface area contributed by atoms with E-state index in [0.717, 1.165) is 17.5 Å². The molecule has 0 aliphatic carbocycles. The van der Waals surface area contributed by atoms with Gasteiger partial charge in [-0.1, -0.05) is 41.4 Å². The minimum atomic E-state index is -0.468. The van der Waals surface area contributed by atoms with Crippen LogP contribution in [0, 0.1) is 0 Å². The fourth-order valence-electron chi connectivity index (χ4n) is 5.78. The molecule has 12 nitrogen and oxygen atoms in total. The Balaban J connectivity index is 1.18. The molecule has 5 heterocycles. The molecular weight excluding hydrogens is 657 g/mol. The van der Waals surface area contributed by atoms with Crippen molar-refractivity contribution in [2.45, 2.75) is 38.1 Å². The van der Waals surface area contributed by atoms with Crippen LogP contribution in [0.15, 0.2) is 54.9 Å². The van der Waals surface area contributed by atoms with Crippen LogP contribution in [0.5, 0.6) is 11.6 Å². The van der Waals surface area contributed by atoms with Crippen molar-refractivity contribution in [3.05, 3.63) is 81.7 Å². The van der Waals surface area contributed by atoms with E-state index in [-0.39, 0.29) is 28.8 Å². The van der Waals surface area contributed by atoms with Gasteiger partial charge >= 0.3 is 0 Å². The number of methoxy groups -OCH3 is 2. The number of carbonyl (C=O) groups excluding carboxylic acids is 2. The number of halogens is 2. The number of anilines is 1. The van der Waals surface area contributed by atoms with Crippen LogP contribution >= 0.6 is 23.2 Å². The van der Waals surface area contributed by atoms with Crippen molar-refractivity contribution < 1.29 is 24.2 Å². The summed E-state index contributed by atoms with van der Waals surface area (Å²) in [4.78, 5) is 40.4. The van der Waals surface area contributed by atoms with E-state index in [0.29, 0.717) is 84.0 Å². The summed E-state index contributed by atoms with van der Waals surface area (Å²) < 4.78 is 11.1. The van der Waals surface area contributed by atoms with Crippen LogP contribution in [0.25, 0.3) is 22.5 Å². The molecule has 0 radical (unpaired) electrons. The van der Waals surface area contributed by atoms with Gasteiger partial charge < -0.3 is 30.5 Å². The summed E-state index contributed by atoms with van der Waals surface area (Å²) in [5.41, 5.74) is 4.34. The predicted molar refractivity (Wildman–Crippen MR) is 182 cm³/mol. The summed E-state index contributed by atoms with van der Waals surface area (Å²) in [7, 11) is 3.10. The van der Waals surface area contributed by atoms with E-state index in [9.17, 15) is 14.7 Å². The summed E-state index contributed by atoms with van der Waals surface area (Å²) in [5.74, 6) is 0.588. The Labute approximate surface area is 287 Å². The van der Waals surface area contributed by atoms with Crippen molar-refractivity contribution in [1.82, 2.24) is 30.5 Å². The van der Waals surface area contributed by atoms with Crippen LogP contribution in [0.1, 0.15) is 34.5 Å². The standard InChI is InChI=1S/C34H35Cl2N7O5/c1-47-28-12-27(39-14-20(28)16-43-17-22(44)18-43)33(46)41-26-5-3-4-24(30(26)35)32-31(36)23(10-11-38-32)25-8-6-19(34(42-25)48-2)13-37-15-21-7-9-29(45)40-21/h3-6,8,10-12,14,21-22,37,44H,7,9,13,15-18H2,1-2H3,(H,40,45)(H,41,46)/t21-/m1/s1. The van der Waals surface area contributed by atoms with Crippen molar-refractivity contribution in [1.29, 1.82) is 0 Å². The molecule has 2 aliphatic rings. The first-order chi connectivity index (χ1) is 23.2. The highest BCUT2D eigenvalue weighted by atomic mass is 35.5. The Morgan fingerprint density at radius 3 is 2.62 bits per heavy atom. The van der Waals surface area contributed by atoms with Crippen molar-refractivity contribution in [2.24, 2.45) is 0 Å². The topological polar surface area (TPSA) is 151 Å². The number of aliphatic hydroxyl groups is 1. The first-order valence-corrected chi connectivity index (χ1v) is 16.2. The zero-order valence-electron chi connectivity index (χ0n) is 26.4. The molecule has 6 rings (SSSR count). The van der Waals surface area contributed by atoms with Gasteiger partial charge in [-0.05, 0) is 24.6 Å². The Kier molecular flexibility index (Phi) is 10.4. The number of aromatic nitrogens is 3. The molecule has 1 aromatic carbocycles. The molecule has 2 saturated heterocycles. The molecular formula is C34H35Cl2N7O5. The van der Waals surface area contributed by atoms with E-state index >= 15 is 0 Å². The lowest BCUT2D eigenvalue weighted by atomic mass is 10.1. The second-order valence-electron chi connectivity index (χ2n) is 11.7. The van der Waals surface area contributed by atoms with Crippen LogP contribution in [0.2, 0.25) is 10.0 Å². The molecule has 4 aromatic rings. The normalized spacial score (nSPS) is 16.4. The smallest absolute Gasteiger partial charge is 0.274 e. The maximum Gasteiger partial charge on any atom is 0.274 e. The Hall–Kier alpha value is -4.33. The van der Waals surface area contributed by atoms with E-state index in [2.05, 4.69) is 30.8 Å². The van der Waals surface area contributed by atoms with E-state index in [1.807, 2.05) is 12.1 Å². The van der Waals surface area contributed by atoms with Gasteiger partial charge in [0.05, 0.1) is 47.4 Å². The molecule has 2 aliphatic heterocycles. The molecule has 0 unspecified atom stereocenters. The largest absolute Gasteiger partial charge is 0.496 e. The van der Waals surface area contributed by atoms with Gasteiger partial charge in [-0.15, -0.1) is 0 Å². The van der Waals surface area contributed by atoms with Crippen LogP contribution in [0.4, 0.5) is 5.69 Å². The number of pyridine rings is 3. The summed E-state index contributed by atoms with van der Waals surface area (Å²) in [6.45, 7) is 2.89. The number of rotatable bonds is 12. The van der Waals surface area contributed by atoms with Crippen LogP contribution in [-0.4, -0.2) is 82.8 Å². The number of benzene rings is 1. The summed E-state index contributed by atoms with van der Waals surface area (Å²) in [5, 5.41) is 19.3. The van der Waals surface area contributed by atoms with E-state index in [4.69, 9.17) is 37.7 Å². The number of aliphatic hydroxyl groups excluding tert-OH is 1. The number of nitrogens with one attached hydrogen (secondary N) is 3. The predicted octanol–water partition coefficient (Wildman–Crippen LogP) is 4.33. The first kappa shape index (κ1) is 33.6. The number of β-amino-alcohol motifs (C(OH)–C–C–N with tert-alkyl or cyclic N) is 1. The maximum atomic E-state index is 13.3. The van der Waals surface area contributed by atoms with Gasteiger partial charge in [0.1, 0.15) is 11.4 Å². The van der Waals surface area contributed by atoms with Gasteiger partial charge in [0.25, 0.3) is 5.91 Å². The molecule has 3 aromatic heterocycles. The lowest BCUT2D eigenvalue weighted by molar-refractivity contribution is -0.119. The second-order valence-corrected chi connectivity index (χ2v) is 12.4. The quantitative estimate of drug-likeness (QED) is 0.169. The molecule has 1 atom stereocenters. The Bertz CT molecular complexity index is 1840. The summed E-state index contributed by atoms with van der Waals surface area (Å²) in [6, 6.07) is 12.5. The van der Waals surface area contributed by atoms with Crippen molar-refractivity contribution >= 4 is 40.7 Å². The number of hydrogen-bond donors (Lipinski definition) is 4. The molecule has 0 spiro atoms. The lowest BCUT2D eigenvalue weighted by Crippen LogP contribution is -2.49. The van der Waals surface area contributed by atoms with Crippen LogP contribution < -0.4 is 25.4 Å². The zero-order chi connectivity index (χ0) is 33.8. The molecule has 2 fully saturated rings. The molecule has 0 bridgehead atoms. The maximum absolute atomic E-state index is 13.3. The van der Waals surface area contributed by atoms with Crippen molar-refractivity contribution in [3.8, 4) is 34.1 Å². The first-order valence-electron chi connectivity index (χ1n) is 15.5. The van der Waals surface area contributed by atoms with Gasteiger partial charge in [0, 0.05) is 85.9 Å². The van der Waals surface area contributed by atoms with Crippen molar-refractivity contribution in [3.63, 3.8) is 0 Å². The summed E-state index contributed by atoms with van der Waals surface area (Å²) >= 11 is 13.8. The van der Waals surface area contributed by atoms with Crippen LogP contribution in [0.3, 0.4) is 0 Å². The molecule has 0 saturated carbocycles. The number of hydrogen-bond acceptors (Lipinski definition) is 10. The average molecular weight is 693 g/mol. The van der Waals surface area contributed by atoms with Crippen LogP contribution in [-0.2, 0) is 17.9 Å². The lowest BCUT2D eigenvalue weighted by Gasteiger charge is -2.35. The number of likely N-dealkylation sites (tertiary alicyclic amines) is 1. The highest BCUT2D eigenvalue weighted by Crippen LogP contribution is 2.40. The van der Waals surface area contributed by atoms with Gasteiger partial charge in [-0.2, -0.15) is 0 Å². The summed E-state index contributed by atoms with van der Waals surface area (Å²) in [6.07, 6.45) is 4.28. The molecule has 48 heavy (non-hydrogen) atoms. The molecule has 14 heteroatoms. The number of ether oxygens (including phenoxy) is 2. The fourth-order valence-corrected chi connectivity index (χ4v) is 6.35.